The van der Waals surface area contributed by atoms with E-state index in [0.29, 0.717) is 0 Å². The molecule has 0 spiro atoms. The number of benzene rings is 6. The van der Waals surface area contributed by atoms with Crippen LogP contribution in [0.15, 0.2) is 170 Å². The van der Waals surface area contributed by atoms with Crippen LogP contribution in [0.4, 0.5) is 0 Å². The number of rotatable bonds is 3. The van der Waals surface area contributed by atoms with Crippen molar-refractivity contribution in [1.29, 1.82) is 0 Å². The molecule has 3 heteroatoms. The minimum Gasteiger partial charge on any atom is -0.309 e. The SMILES string of the molecule is O=P1(c2ccccc2)c2ccccc2C2=C(c3ccccc3C2(c2ccccc2)c2ccccc2)c2c1ccc1cccnc21. The predicted octanol–water partition coefficient (Wildman–Crippen LogP) is 8.49. The molecule has 45 heavy (non-hydrogen) atoms. The van der Waals surface area contributed by atoms with Crippen LogP contribution in [0.5, 0.6) is 0 Å². The highest BCUT2D eigenvalue weighted by molar-refractivity contribution is 7.85. The Bertz CT molecular complexity index is 2300. The van der Waals surface area contributed by atoms with E-state index in [1.54, 1.807) is 0 Å². The Morgan fingerprint density at radius 1 is 0.511 bits per heavy atom. The predicted molar refractivity (Wildman–Crippen MR) is 186 cm³/mol. The molecule has 0 saturated carbocycles. The van der Waals surface area contributed by atoms with Crippen LogP contribution in [0, 0.1) is 0 Å². The van der Waals surface area contributed by atoms with E-state index in [-0.39, 0.29) is 0 Å². The minimum absolute atomic E-state index is 0.662. The van der Waals surface area contributed by atoms with Crippen LogP contribution in [-0.4, -0.2) is 4.98 Å². The van der Waals surface area contributed by atoms with Gasteiger partial charge in [0.05, 0.1) is 10.9 Å². The molecule has 7 aromatic rings. The Morgan fingerprint density at radius 3 is 1.82 bits per heavy atom. The first kappa shape index (κ1) is 26.1. The van der Waals surface area contributed by atoms with Crippen LogP contribution in [0.2, 0.25) is 0 Å². The van der Waals surface area contributed by atoms with Gasteiger partial charge in [0, 0.05) is 33.1 Å². The summed E-state index contributed by atoms with van der Waals surface area (Å²) in [6.45, 7) is 0. The zero-order chi connectivity index (χ0) is 30.0. The number of allylic oxidation sites excluding steroid dienone is 1. The Kier molecular flexibility index (Phi) is 5.72. The highest BCUT2D eigenvalue weighted by atomic mass is 31.2. The van der Waals surface area contributed by atoms with Gasteiger partial charge in [-0.2, -0.15) is 0 Å². The summed E-state index contributed by atoms with van der Waals surface area (Å²) in [6, 6.07) is 57.2. The fourth-order valence-electron chi connectivity index (χ4n) is 7.87. The molecule has 2 aliphatic rings. The molecule has 6 aromatic carbocycles. The van der Waals surface area contributed by atoms with Crippen molar-refractivity contribution in [3.8, 4) is 0 Å². The first-order valence-electron chi connectivity index (χ1n) is 15.3. The van der Waals surface area contributed by atoms with Gasteiger partial charge in [-0.3, -0.25) is 4.98 Å². The average molecular weight is 594 g/mol. The van der Waals surface area contributed by atoms with Gasteiger partial charge in [-0.15, -0.1) is 0 Å². The zero-order valence-corrected chi connectivity index (χ0v) is 25.4. The summed E-state index contributed by atoms with van der Waals surface area (Å²) in [5, 5.41) is 3.56. The number of pyridine rings is 1. The van der Waals surface area contributed by atoms with Crippen LogP contribution in [-0.2, 0) is 9.98 Å². The monoisotopic (exact) mass is 593 g/mol. The van der Waals surface area contributed by atoms with E-state index < -0.39 is 12.6 Å². The molecule has 1 aromatic heterocycles. The molecule has 0 N–H and O–H groups in total. The van der Waals surface area contributed by atoms with E-state index in [9.17, 15) is 0 Å². The fraction of sp³-hybridized carbons (Fsp3) is 0.0238. The summed E-state index contributed by atoms with van der Waals surface area (Å²) in [5.41, 5.74) is 9.18. The molecule has 212 valence electrons. The van der Waals surface area contributed by atoms with Crippen molar-refractivity contribution >= 4 is 45.1 Å². The molecular weight excluding hydrogens is 565 g/mol. The number of fused-ring (bicyclic) bond motifs is 8. The quantitative estimate of drug-likeness (QED) is 0.192. The number of nitrogens with zero attached hydrogens (tertiary/aromatic N) is 1. The van der Waals surface area contributed by atoms with Gasteiger partial charge >= 0.3 is 0 Å². The summed E-state index contributed by atoms with van der Waals surface area (Å²) in [7, 11) is -3.38. The maximum absolute atomic E-state index is 16.3. The molecule has 2 heterocycles. The van der Waals surface area contributed by atoms with E-state index in [2.05, 4.69) is 121 Å². The highest BCUT2D eigenvalue weighted by Gasteiger charge is 2.52. The molecule has 0 fully saturated rings. The lowest BCUT2D eigenvalue weighted by Gasteiger charge is -2.37. The molecule has 2 nitrogen and oxygen atoms in total. The lowest BCUT2D eigenvalue weighted by atomic mass is 9.65. The second-order valence-electron chi connectivity index (χ2n) is 11.8. The molecule has 9 rings (SSSR count). The molecule has 0 saturated heterocycles. The van der Waals surface area contributed by atoms with Crippen LogP contribution in [0.1, 0.15) is 33.4 Å². The third-order valence-corrected chi connectivity index (χ3v) is 12.8. The summed E-state index contributed by atoms with van der Waals surface area (Å²) >= 11 is 0. The lowest BCUT2D eigenvalue weighted by molar-refractivity contribution is 0.592. The first-order chi connectivity index (χ1) is 22.2. The van der Waals surface area contributed by atoms with E-state index >= 15 is 4.57 Å². The van der Waals surface area contributed by atoms with Gasteiger partial charge in [0.1, 0.15) is 0 Å². The Hall–Kier alpha value is -5.30. The van der Waals surface area contributed by atoms with Crippen molar-refractivity contribution < 1.29 is 4.57 Å². The van der Waals surface area contributed by atoms with Crippen molar-refractivity contribution in [3.05, 3.63) is 203 Å². The van der Waals surface area contributed by atoms with Crippen LogP contribution in [0.25, 0.3) is 22.0 Å². The molecule has 0 bridgehead atoms. The minimum atomic E-state index is -3.38. The number of aromatic nitrogens is 1. The van der Waals surface area contributed by atoms with Gasteiger partial charge < -0.3 is 4.57 Å². The molecule has 1 atom stereocenters. The Morgan fingerprint density at radius 2 is 1.11 bits per heavy atom. The molecular formula is C42H28NOP. The van der Waals surface area contributed by atoms with Gasteiger partial charge in [-0.1, -0.05) is 152 Å². The topological polar surface area (TPSA) is 30.0 Å². The number of hydrogen-bond acceptors (Lipinski definition) is 2. The Balaban J connectivity index is 1.58. The smallest absolute Gasteiger partial charge is 0.172 e. The van der Waals surface area contributed by atoms with E-state index in [0.717, 1.165) is 54.7 Å². The van der Waals surface area contributed by atoms with Gasteiger partial charge in [0.25, 0.3) is 0 Å². The summed E-state index contributed by atoms with van der Waals surface area (Å²) < 4.78 is 16.3. The summed E-state index contributed by atoms with van der Waals surface area (Å²) in [4.78, 5) is 5.03. The average Bonchev–Trinajstić information content (AvgIpc) is 3.38. The molecule has 1 aliphatic heterocycles. The van der Waals surface area contributed by atoms with Crippen LogP contribution < -0.4 is 15.9 Å². The van der Waals surface area contributed by atoms with Crippen molar-refractivity contribution in [1.82, 2.24) is 4.98 Å². The summed E-state index contributed by atoms with van der Waals surface area (Å²) in [5.74, 6) is 0. The highest BCUT2D eigenvalue weighted by Crippen LogP contribution is 2.63. The fourth-order valence-corrected chi connectivity index (χ4v) is 10.9. The maximum Gasteiger partial charge on any atom is 0.172 e. The van der Waals surface area contributed by atoms with Crippen molar-refractivity contribution in [2.45, 2.75) is 5.41 Å². The largest absolute Gasteiger partial charge is 0.309 e. The lowest BCUT2D eigenvalue weighted by Crippen LogP contribution is -2.32. The molecule has 1 unspecified atom stereocenters. The third kappa shape index (κ3) is 3.46. The number of hydrogen-bond donors (Lipinski definition) is 0. The van der Waals surface area contributed by atoms with Gasteiger partial charge in [-0.25, -0.2) is 0 Å². The van der Waals surface area contributed by atoms with Crippen LogP contribution >= 0.6 is 7.14 Å². The first-order valence-corrected chi connectivity index (χ1v) is 17.0. The second kappa shape index (κ2) is 9.86. The van der Waals surface area contributed by atoms with Crippen LogP contribution in [0.3, 0.4) is 0 Å². The van der Waals surface area contributed by atoms with Crippen molar-refractivity contribution in [2.24, 2.45) is 0 Å². The standard InChI is InChI=1S/C42H28NOP/c44-45(32-20-8-3-9-21-32)36-25-13-11-23-34(36)40-38(39-37(45)27-26-29-15-14-28-43-41(29)39)33-22-10-12-24-35(33)42(40,30-16-4-1-5-17-30)31-18-6-2-7-19-31/h1-28H. The molecule has 0 amide bonds. The Labute approximate surface area is 262 Å². The third-order valence-electron chi connectivity index (χ3n) is 9.61. The van der Waals surface area contributed by atoms with Crippen molar-refractivity contribution in [2.75, 3.05) is 0 Å². The maximum atomic E-state index is 16.3. The summed E-state index contributed by atoms with van der Waals surface area (Å²) in [6.07, 6.45) is 1.86. The van der Waals surface area contributed by atoms with Gasteiger partial charge in [0.15, 0.2) is 7.14 Å². The van der Waals surface area contributed by atoms with E-state index in [1.165, 1.54) is 16.7 Å². The van der Waals surface area contributed by atoms with Gasteiger partial charge in [-0.05, 0) is 51.1 Å². The molecule has 0 radical (unpaired) electrons. The van der Waals surface area contributed by atoms with E-state index in [4.69, 9.17) is 4.98 Å². The zero-order valence-electron chi connectivity index (χ0n) is 24.5. The second-order valence-corrected chi connectivity index (χ2v) is 14.5. The van der Waals surface area contributed by atoms with E-state index in [1.807, 2.05) is 48.7 Å². The normalized spacial score (nSPS) is 17.6. The van der Waals surface area contributed by atoms with Gasteiger partial charge in [0.2, 0.25) is 0 Å². The van der Waals surface area contributed by atoms with Crippen molar-refractivity contribution in [3.63, 3.8) is 0 Å². The molecule has 1 aliphatic carbocycles.